The van der Waals surface area contributed by atoms with E-state index in [2.05, 4.69) is 0 Å². The number of hydrogen-bond donors (Lipinski definition) is 2. The number of allylic oxidation sites excluding steroid dienone is 4. The Bertz CT molecular complexity index is 868. The summed E-state index contributed by atoms with van der Waals surface area (Å²) in [4.78, 5) is 33.8. The number of rotatable bonds is 3. The standard InChI is InChI=1S/C22H28ClFO3.C3H6O2/c1-12-8-16-14-10-18(24)17-9-13(25)4-6-20(17,2)15(14)5-7-21(16,3)22(12,27)19(26)11-23;1-2-3(4)5/h4,6,9,12,14-16,18,27H,5,7-8,10-11H2,1-3H3;2H2,1H3,(H,4,5)/t12-,14+,15-,16-,18-,20+,21-,22-;/m0./s1. The number of fused-ring (bicyclic) bond motifs is 5. The Morgan fingerprint density at radius 2 is 1.88 bits per heavy atom. The number of hydrogen-bond acceptors (Lipinski definition) is 4. The zero-order chi connectivity index (χ0) is 24.1. The molecule has 4 aliphatic carbocycles. The van der Waals surface area contributed by atoms with Crippen LogP contribution in [0.15, 0.2) is 23.8 Å². The molecule has 32 heavy (non-hydrogen) atoms. The van der Waals surface area contributed by atoms with Crippen molar-refractivity contribution >= 4 is 29.1 Å². The summed E-state index contributed by atoms with van der Waals surface area (Å²) in [5.41, 5.74) is -1.87. The van der Waals surface area contributed by atoms with Crippen molar-refractivity contribution in [2.24, 2.45) is 34.5 Å². The number of carbonyl (C=O) groups is 3. The molecule has 4 rings (SSSR count). The van der Waals surface area contributed by atoms with Gasteiger partial charge in [-0.2, -0.15) is 0 Å². The number of aliphatic hydroxyl groups is 1. The van der Waals surface area contributed by atoms with Gasteiger partial charge in [-0.3, -0.25) is 14.4 Å². The van der Waals surface area contributed by atoms with E-state index in [1.165, 1.54) is 6.08 Å². The van der Waals surface area contributed by atoms with E-state index in [1.54, 1.807) is 13.0 Å². The van der Waals surface area contributed by atoms with E-state index in [9.17, 15) is 19.5 Å². The summed E-state index contributed by atoms with van der Waals surface area (Å²) in [5.74, 6) is -1.20. The van der Waals surface area contributed by atoms with Gasteiger partial charge in [-0.05, 0) is 67.1 Å². The van der Waals surface area contributed by atoms with Gasteiger partial charge in [0.2, 0.25) is 0 Å². The van der Waals surface area contributed by atoms with Crippen molar-refractivity contribution in [1.82, 2.24) is 0 Å². The minimum absolute atomic E-state index is 0.0751. The molecule has 2 N–H and O–H groups in total. The van der Waals surface area contributed by atoms with Gasteiger partial charge in [-0.1, -0.05) is 33.8 Å². The van der Waals surface area contributed by atoms with Crippen LogP contribution >= 0.6 is 11.6 Å². The fourth-order valence-corrected chi connectivity index (χ4v) is 7.44. The van der Waals surface area contributed by atoms with Crippen molar-refractivity contribution in [3.8, 4) is 0 Å². The normalized spacial score (nSPS) is 44.4. The van der Waals surface area contributed by atoms with E-state index < -0.39 is 28.6 Å². The summed E-state index contributed by atoms with van der Waals surface area (Å²) in [7, 11) is 0. The molecule has 0 aliphatic heterocycles. The van der Waals surface area contributed by atoms with Crippen LogP contribution in [-0.4, -0.2) is 45.4 Å². The third kappa shape index (κ3) is 3.58. The monoisotopic (exact) mass is 468 g/mol. The lowest BCUT2D eigenvalue weighted by atomic mass is 9.46. The molecule has 8 atom stereocenters. The lowest BCUT2D eigenvalue weighted by Crippen LogP contribution is -2.59. The highest BCUT2D eigenvalue weighted by atomic mass is 35.5. The Morgan fingerprint density at radius 3 is 2.44 bits per heavy atom. The van der Waals surface area contributed by atoms with Gasteiger partial charge < -0.3 is 10.2 Å². The van der Waals surface area contributed by atoms with Gasteiger partial charge in [0.15, 0.2) is 11.6 Å². The molecule has 4 aliphatic rings. The second-order valence-corrected chi connectivity index (χ2v) is 10.6. The summed E-state index contributed by atoms with van der Waals surface area (Å²) < 4.78 is 15.2. The van der Waals surface area contributed by atoms with E-state index in [-0.39, 0.29) is 47.5 Å². The van der Waals surface area contributed by atoms with Crippen molar-refractivity contribution in [1.29, 1.82) is 0 Å². The van der Waals surface area contributed by atoms with Crippen LogP contribution in [-0.2, 0) is 14.4 Å². The molecule has 0 heterocycles. The lowest BCUT2D eigenvalue weighted by molar-refractivity contribution is -0.165. The summed E-state index contributed by atoms with van der Waals surface area (Å²) in [6.45, 7) is 7.57. The molecule has 0 unspecified atom stereocenters. The second kappa shape index (κ2) is 8.68. The number of carbonyl (C=O) groups excluding carboxylic acids is 2. The Balaban J connectivity index is 0.000000523. The van der Waals surface area contributed by atoms with Gasteiger partial charge in [0.1, 0.15) is 11.8 Å². The van der Waals surface area contributed by atoms with E-state index in [0.717, 1.165) is 6.42 Å². The zero-order valence-electron chi connectivity index (χ0n) is 19.2. The molecule has 0 bridgehead atoms. The Labute approximate surface area is 194 Å². The topological polar surface area (TPSA) is 91.7 Å². The first-order chi connectivity index (χ1) is 14.9. The van der Waals surface area contributed by atoms with Crippen molar-refractivity contribution < 1.29 is 29.0 Å². The number of carboxylic acids is 1. The summed E-state index contributed by atoms with van der Waals surface area (Å²) in [6.07, 6.45) is 6.61. The molecule has 0 saturated heterocycles. The van der Waals surface area contributed by atoms with Crippen LogP contribution in [0.4, 0.5) is 4.39 Å². The molecular weight excluding hydrogens is 435 g/mol. The first-order valence-corrected chi connectivity index (χ1v) is 12.0. The lowest BCUT2D eigenvalue weighted by Gasteiger charge is -2.58. The highest BCUT2D eigenvalue weighted by molar-refractivity contribution is 6.29. The minimum atomic E-state index is -1.44. The van der Waals surface area contributed by atoms with Gasteiger partial charge >= 0.3 is 5.97 Å². The molecule has 0 amide bonds. The second-order valence-electron chi connectivity index (χ2n) is 10.4. The Kier molecular flexibility index (Phi) is 6.81. The third-order valence-corrected chi connectivity index (χ3v) is 9.21. The number of aliphatic carboxylic acids is 1. The number of ketones is 2. The van der Waals surface area contributed by atoms with Crippen LogP contribution in [0.25, 0.3) is 0 Å². The smallest absolute Gasteiger partial charge is 0.303 e. The fourth-order valence-electron chi connectivity index (χ4n) is 7.24. The van der Waals surface area contributed by atoms with E-state index >= 15 is 4.39 Å². The maximum Gasteiger partial charge on any atom is 0.303 e. The van der Waals surface area contributed by atoms with Crippen LogP contribution in [0, 0.1) is 34.5 Å². The predicted molar refractivity (Wildman–Crippen MR) is 120 cm³/mol. The largest absolute Gasteiger partial charge is 0.481 e. The molecule has 5 nitrogen and oxygen atoms in total. The number of Topliss-reactive ketones (excluding diaryl/α,β-unsaturated/α-hetero) is 1. The van der Waals surface area contributed by atoms with Crippen molar-refractivity contribution in [3.05, 3.63) is 23.8 Å². The SMILES string of the molecule is CCC(=O)O.C[C@H]1C[C@H]2[C@@H]3C[C@H](F)C4=CC(=O)C=C[C@]4(C)[C@H]3CC[C@]2(C)[C@@]1(O)C(=O)CCl. The summed E-state index contributed by atoms with van der Waals surface area (Å²) in [5, 5.41) is 19.2. The Hall–Kier alpha value is -1.53. The summed E-state index contributed by atoms with van der Waals surface area (Å²) in [6, 6.07) is 0. The molecule has 7 heteroatoms. The van der Waals surface area contributed by atoms with Crippen LogP contribution in [0.3, 0.4) is 0 Å². The molecular formula is C25H34ClFO5. The van der Waals surface area contributed by atoms with Crippen LogP contribution < -0.4 is 0 Å². The van der Waals surface area contributed by atoms with Gasteiger partial charge in [-0.15, -0.1) is 11.6 Å². The molecule has 0 spiro atoms. The van der Waals surface area contributed by atoms with Gasteiger partial charge in [0.05, 0.1) is 5.88 Å². The average Bonchev–Trinajstić information content (AvgIpc) is 2.96. The molecule has 0 aromatic rings. The molecule has 178 valence electrons. The molecule has 0 aromatic carbocycles. The first-order valence-electron chi connectivity index (χ1n) is 11.5. The maximum atomic E-state index is 15.2. The first kappa shape index (κ1) is 25.1. The van der Waals surface area contributed by atoms with Gasteiger partial charge in [-0.25, -0.2) is 4.39 Å². The highest BCUT2D eigenvalue weighted by Gasteiger charge is 2.69. The molecule has 0 aromatic heterocycles. The molecule has 3 fully saturated rings. The number of halogens is 2. The number of alkyl halides is 2. The van der Waals surface area contributed by atoms with Gasteiger partial charge in [0.25, 0.3) is 0 Å². The predicted octanol–water partition coefficient (Wildman–Crippen LogP) is 4.51. The minimum Gasteiger partial charge on any atom is -0.481 e. The molecule has 0 radical (unpaired) electrons. The van der Waals surface area contributed by atoms with E-state index in [1.807, 2.05) is 26.8 Å². The highest BCUT2D eigenvalue weighted by Crippen LogP contribution is 2.68. The van der Waals surface area contributed by atoms with Crippen LogP contribution in [0.1, 0.15) is 59.8 Å². The quantitative estimate of drug-likeness (QED) is 0.594. The molecule has 3 saturated carbocycles. The zero-order valence-corrected chi connectivity index (χ0v) is 20.0. The fraction of sp³-hybridized carbons (Fsp3) is 0.720. The van der Waals surface area contributed by atoms with Gasteiger partial charge in [0, 0.05) is 17.3 Å². The third-order valence-electron chi connectivity index (χ3n) is 8.97. The maximum absolute atomic E-state index is 15.2. The van der Waals surface area contributed by atoms with Crippen molar-refractivity contribution in [2.75, 3.05) is 5.88 Å². The van der Waals surface area contributed by atoms with Crippen molar-refractivity contribution in [3.63, 3.8) is 0 Å². The van der Waals surface area contributed by atoms with E-state index in [0.29, 0.717) is 24.8 Å². The Morgan fingerprint density at radius 1 is 1.25 bits per heavy atom. The van der Waals surface area contributed by atoms with E-state index in [4.69, 9.17) is 16.7 Å². The number of carboxylic acid groups (broad SMARTS) is 1. The van der Waals surface area contributed by atoms with Crippen LogP contribution in [0.2, 0.25) is 0 Å². The summed E-state index contributed by atoms with van der Waals surface area (Å²) >= 11 is 5.85. The van der Waals surface area contributed by atoms with Crippen LogP contribution in [0.5, 0.6) is 0 Å². The average molecular weight is 469 g/mol. The van der Waals surface area contributed by atoms with Crippen molar-refractivity contribution in [2.45, 2.75) is 71.6 Å².